The fraction of sp³-hybridized carbons (Fsp3) is 0.583. The van der Waals surface area contributed by atoms with Crippen LogP contribution >= 0.6 is 34.8 Å². The molecule has 168 valence electrons. The molecule has 0 N–H and O–H groups in total. The lowest BCUT2D eigenvalue weighted by atomic mass is 9.96. The molecule has 1 aromatic heterocycles. The van der Waals surface area contributed by atoms with Crippen LogP contribution in [0.5, 0.6) is 0 Å². The van der Waals surface area contributed by atoms with Gasteiger partial charge in [-0.25, -0.2) is 9.97 Å². The maximum Gasteiger partial charge on any atom is 0.225 e. The first-order chi connectivity index (χ1) is 14.9. The van der Waals surface area contributed by atoms with Gasteiger partial charge in [-0.3, -0.25) is 0 Å². The number of anilines is 1. The van der Waals surface area contributed by atoms with Crippen LogP contribution in [0.25, 0.3) is 0 Å². The number of hydrogen-bond acceptors (Lipinski definition) is 4. The molecule has 1 aliphatic carbocycles. The number of aromatic nitrogens is 2. The number of rotatable bonds is 5. The van der Waals surface area contributed by atoms with E-state index in [0.29, 0.717) is 21.5 Å². The monoisotopic (exact) mass is 480 g/mol. The van der Waals surface area contributed by atoms with Crippen LogP contribution in [0.2, 0.25) is 15.1 Å². The maximum atomic E-state index is 6.43. The van der Waals surface area contributed by atoms with E-state index in [2.05, 4.69) is 33.6 Å². The molecule has 2 saturated heterocycles. The van der Waals surface area contributed by atoms with Gasteiger partial charge in [0.05, 0.1) is 16.4 Å². The Labute approximate surface area is 200 Å². The topological polar surface area (TPSA) is 32.3 Å². The molecular formula is C24H31Cl3N4. The summed E-state index contributed by atoms with van der Waals surface area (Å²) in [6, 6.07) is 6.62. The summed E-state index contributed by atoms with van der Waals surface area (Å²) >= 11 is 18.7. The zero-order valence-electron chi connectivity index (χ0n) is 18.5. The Morgan fingerprint density at radius 2 is 1.90 bits per heavy atom. The number of hydrogen-bond donors (Lipinski definition) is 0. The van der Waals surface area contributed by atoms with Crippen LogP contribution < -0.4 is 4.90 Å². The van der Waals surface area contributed by atoms with E-state index in [1.807, 2.05) is 19.1 Å². The molecule has 3 unspecified atom stereocenters. The summed E-state index contributed by atoms with van der Waals surface area (Å²) in [4.78, 5) is 14.0. The summed E-state index contributed by atoms with van der Waals surface area (Å²) in [6.45, 7) is 11.0. The van der Waals surface area contributed by atoms with Crippen molar-refractivity contribution in [2.24, 2.45) is 5.92 Å². The highest BCUT2D eigenvalue weighted by molar-refractivity contribution is 6.35. The van der Waals surface area contributed by atoms with Crippen molar-refractivity contribution < 1.29 is 0 Å². The third kappa shape index (κ3) is 5.30. The van der Waals surface area contributed by atoms with Crippen LogP contribution in [-0.2, 0) is 6.42 Å². The van der Waals surface area contributed by atoms with Crippen LogP contribution in [0.3, 0.4) is 0 Å². The Morgan fingerprint density at radius 1 is 1.13 bits per heavy atom. The molecule has 5 rings (SSSR count). The minimum absolute atomic E-state index is 0.191. The molecule has 0 amide bonds. The zero-order valence-corrected chi connectivity index (χ0v) is 20.8. The van der Waals surface area contributed by atoms with Crippen molar-refractivity contribution in [1.29, 1.82) is 0 Å². The summed E-state index contributed by atoms with van der Waals surface area (Å²) in [7, 11) is 0. The van der Waals surface area contributed by atoms with E-state index in [4.69, 9.17) is 34.8 Å². The molecule has 3 heterocycles. The predicted molar refractivity (Wildman–Crippen MR) is 131 cm³/mol. The van der Waals surface area contributed by atoms with Gasteiger partial charge < -0.3 is 9.80 Å². The smallest absolute Gasteiger partial charge is 0.225 e. The summed E-state index contributed by atoms with van der Waals surface area (Å²) in [5.41, 5.74) is 2.75. The fourth-order valence-corrected chi connectivity index (χ4v) is 5.33. The minimum Gasteiger partial charge on any atom is -0.341 e. The number of fused-ring (bicyclic) bond motifs is 1. The molecule has 1 aromatic carbocycles. The van der Waals surface area contributed by atoms with Gasteiger partial charge in [0, 0.05) is 29.2 Å². The van der Waals surface area contributed by atoms with Crippen LogP contribution in [0.15, 0.2) is 18.2 Å². The van der Waals surface area contributed by atoms with Gasteiger partial charge in [0.2, 0.25) is 5.95 Å². The average molecular weight is 482 g/mol. The van der Waals surface area contributed by atoms with Gasteiger partial charge in [0.1, 0.15) is 0 Å². The number of likely N-dealkylation sites (tertiary alicyclic amines) is 1. The molecular weight excluding hydrogens is 451 g/mol. The lowest BCUT2D eigenvalue weighted by Crippen LogP contribution is -2.38. The summed E-state index contributed by atoms with van der Waals surface area (Å²) in [6.07, 6.45) is 4.90. The first kappa shape index (κ1) is 23.1. The fourth-order valence-electron chi connectivity index (χ4n) is 4.58. The third-order valence-corrected chi connectivity index (χ3v) is 7.81. The Bertz CT molecular complexity index is 931. The molecule has 0 radical (unpaired) electrons. The second-order valence-electron chi connectivity index (χ2n) is 8.96. The quantitative estimate of drug-likeness (QED) is 0.494. The van der Waals surface area contributed by atoms with E-state index in [9.17, 15) is 0 Å². The normalized spacial score (nSPS) is 23.0. The third-order valence-electron chi connectivity index (χ3n) is 6.75. The van der Waals surface area contributed by atoms with Gasteiger partial charge in [0.25, 0.3) is 0 Å². The number of nitrogens with zero attached hydrogens (tertiary/aromatic N) is 4. The molecule has 4 nitrogen and oxygen atoms in total. The van der Waals surface area contributed by atoms with Gasteiger partial charge in [-0.2, -0.15) is 0 Å². The summed E-state index contributed by atoms with van der Waals surface area (Å²) < 4.78 is 0. The highest BCUT2D eigenvalue weighted by Gasteiger charge is 2.45. The number of piperidine rings is 1. The van der Waals surface area contributed by atoms with Gasteiger partial charge in [-0.15, -0.1) is 0 Å². The van der Waals surface area contributed by atoms with E-state index in [1.165, 1.54) is 32.4 Å². The van der Waals surface area contributed by atoms with Crippen molar-refractivity contribution in [1.82, 2.24) is 14.9 Å². The van der Waals surface area contributed by atoms with Gasteiger partial charge in [-0.05, 0) is 75.2 Å². The lowest BCUT2D eigenvalue weighted by Gasteiger charge is -2.31. The molecule has 0 spiro atoms. The molecule has 3 fully saturated rings. The Hall–Kier alpha value is -1.07. The van der Waals surface area contributed by atoms with Crippen molar-refractivity contribution in [2.45, 2.75) is 58.4 Å². The van der Waals surface area contributed by atoms with Gasteiger partial charge >= 0.3 is 0 Å². The molecule has 1 saturated carbocycles. The molecule has 3 atom stereocenters. The second-order valence-corrected chi connectivity index (χ2v) is 10.2. The molecule has 2 aliphatic heterocycles. The predicted octanol–water partition coefficient (Wildman–Crippen LogP) is 6.40. The molecule has 31 heavy (non-hydrogen) atoms. The summed E-state index contributed by atoms with van der Waals surface area (Å²) in [5, 5.41) is 1.96. The lowest BCUT2D eigenvalue weighted by molar-refractivity contribution is 0.317. The minimum atomic E-state index is 0.191. The highest BCUT2D eigenvalue weighted by atomic mass is 35.5. The first-order valence-corrected chi connectivity index (χ1v) is 12.5. The Balaban J connectivity index is 0.000000239. The van der Waals surface area contributed by atoms with Crippen LogP contribution in [0.4, 0.5) is 5.95 Å². The van der Waals surface area contributed by atoms with Crippen molar-refractivity contribution in [3.63, 3.8) is 0 Å². The first-order valence-electron chi connectivity index (χ1n) is 11.3. The molecule has 2 aromatic rings. The van der Waals surface area contributed by atoms with Crippen molar-refractivity contribution in [3.05, 3.63) is 50.2 Å². The van der Waals surface area contributed by atoms with E-state index < -0.39 is 0 Å². The van der Waals surface area contributed by atoms with E-state index >= 15 is 0 Å². The summed E-state index contributed by atoms with van der Waals surface area (Å²) in [5.74, 6) is 2.09. The van der Waals surface area contributed by atoms with Crippen LogP contribution in [-0.4, -0.2) is 47.1 Å². The van der Waals surface area contributed by atoms with Crippen LogP contribution in [0.1, 0.15) is 56.0 Å². The molecule has 0 bridgehead atoms. The molecule has 7 heteroatoms. The zero-order chi connectivity index (χ0) is 22.1. The van der Waals surface area contributed by atoms with E-state index in [0.717, 1.165) is 47.9 Å². The second kappa shape index (κ2) is 9.82. The van der Waals surface area contributed by atoms with Crippen LogP contribution in [0, 0.1) is 12.8 Å². The van der Waals surface area contributed by atoms with Crippen molar-refractivity contribution in [3.8, 4) is 0 Å². The SMILES string of the molecule is CCN1CCC2CC21.Cc1nc(N2CCC2)nc(CC(C)c2ccc(Cl)cc2Cl)c1Cl. The standard InChI is InChI=1S/C17H18Cl3N3.C7H13N/c1-10(13-5-4-12(18)9-14(13)19)8-15-16(20)11(2)21-17(22-15)23-6-3-7-23;1-2-8-4-3-6-5-7(6)8/h4-5,9-10H,3,6-8H2,1-2H3;6-7H,2-5H2,1H3. The Kier molecular flexibility index (Phi) is 7.32. The number of aryl methyl sites for hydroxylation is 1. The molecule has 3 aliphatic rings. The average Bonchev–Trinajstić information content (AvgIpc) is 3.35. The van der Waals surface area contributed by atoms with Gasteiger partial charge in [-0.1, -0.05) is 54.7 Å². The highest BCUT2D eigenvalue weighted by Crippen LogP contribution is 2.43. The van der Waals surface area contributed by atoms with Crippen molar-refractivity contribution >= 4 is 40.8 Å². The van der Waals surface area contributed by atoms with Gasteiger partial charge in [0.15, 0.2) is 0 Å². The number of benzene rings is 1. The number of halogens is 3. The van der Waals surface area contributed by atoms with Crippen molar-refractivity contribution in [2.75, 3.05) is 31.1 Å². The van der Waals surface area contributed by atoms with E-state index in [1.54, 1.807) is 6.07 Å². The Morgan fingerprint density at radius 3 is 2.42 bits per heavy atom. The maximum absolute atomic E-state index is 6.43. The van der Waals surface area contributed by atoms with E-state index in [-0.39, 0.29) is 5.92 Å². The largest absolute Gasteiger partial charge is 0.341 e.